The Kier molecular flexibility index (Phi) is 5.91. The zero-order valence-electron chi connectivity index (χ0n) is 16.3. The van der Waals surface area contributed by atoms with Crippen LogP contribution in [0.2, 0.25) is 0 Å². The van der Waals surface area contributed by atoms with Gasteiger partial charge in [0.05, 0.1) is 5.56 Å². The lowest BCUT2D eigenvalue weighted by Crippen LogP contribution is -2.48. The van der Waals surface area contributed by atoms with Crippen LogP contribution in [0.25, 0.3) is 0 Å². The zero-order valence-corrected chi connectivity index (χ0v) is 17.1. The molecule has 158 valence electrons. The maximum atomic E-state index is 13.5. The van der Waals surface area contributed by atoms with E-state index in [9.17, 15) is 18.0 Å². The number of thiazole rings is 1. The average Bonchev–Trinajstić information content (AvgIpc) is 3.32. The van der Waals surface area contributed by atoms with Gasteiger partial charge in [-0.05, 0) is 36.3 Å². The van der Waals surface area contributed by atoms with E-state index in [1.54, 1.807) is 29.3 Å². The second-order valence-electron chi connectivity index (χ2n) is 6.82. The van der Waals surface area contributed by atoms with E-state index >= 15 is 0 Å². The van der Waals surface area contributed by atoms with Crippen molar-refractivity contribution in [2.45, 2.75) is 6.18 Å². The van der Waals surface area contributed by atoms with Crippen LogP contribution in [-0.4, -0.2) is 47.0 Å². The molecule has 31 heavy (non-hydrogen) atoms. The van der Waals surface area contributed by atoms with E-state index in [1.165, 1.54) is 29.7 Å². The topological polar surface area (TPSA) is 49.3 Å². The molecule has 0 aliphatic carbocycles. The summed E-state index contributed by atoms with van der Waals surface area (Å²) in [6.45, 7) is 2.17. The molecule has 0 N–H and O–H groups in total. The van der Waals surface area contributed by atoms with Crippen LogP contribution in [0.4, 0.5) is 18.3 Å². The number of piperazine rings is 1. The molecule has 0 spiro atoms. The van der Waals surface area contributed by atoms with Gasteiger partial charge in [-0.3, -0.25) is 4.79 Å². The Labute approximate surface area is 181 Å². The number of rotatable bonds is 2. The highest BCUT2D eigenvalue weighted by Crippen LogP contribution is 2.32. The van der Waals surface area contributed by atoms with E-state index in [-0.39, 0.29) is 17.0 Å². The summed E-state index contributed by atoms with van der Waals surface area (Å²) in [5.41, 5.74) is -0.585. The minimum atomic E-state index is -4.57. The normalized spacial score (nSPS) is 14.2. The fourth-order valence-corrected chi connectivity index (χ4v) is 3.95. The lowest BCUT2D eigenvalue weighted by Gasteiger charge is -2.34. The van der Waals surface area contributed by atoms with Crippen LogP contribution < -0.4 is 4.90 Å². The van der Waals surface area contributed by atoms with Crippen molar-refractivity contribution in [3.63, 3.8) is 0 Å². The molecule has 1 fully saturated rings. The lowest BCUT2D eigenvalue weighted by atomic mass is 10.0. The number of halogens is 3. The molecule has 0 atom stereocenters. The van der Waals surface area contributed by atoms with Crippen LogP contribution in [0.5, 0.6) is 0 Å². The minimum absolute atomic E-state index is 0.181. The molecule has 0 saturated carbocycles. The quantitative estimate of drug-likeness (QED) is 0.565. The van der Waals surface area contributed by atoms with Crippen LogP contribution in [0.15, 0.2) is 54.2 Å². The smallest absolute Gasteiger partial charge is 0.345 e. The van der Waals surface area contributed by atoms with Crippen molar-refractivity contribution in [1.29, 1.82) is 0 Å². The van der Waals surface area contributed by atoms with Crippen molar-refractivity contribution < 1.29 is 18.0 Å². The van der Waals surface area contributed by atoms with Crippen LogP contribution in [0, 0.1) is 11.8 Å². The summed E-state index contributed by atoms with van der Waals surface area (Å²) in [7, 11) is 0. The van der Waals surface area contributed by atoms with Gasteiger partial charge >= 0.3 is 6.18 Å². The van der Waals surface area contributed by atoms with Gasteiger partial charge in [-0.25, -0.2) is 9.97 Å². The first-order valence-corrected chi connectivity index (χ1v) is 10.4. The third kappa shape index (κ3) is 4.86. The highest BCUT2D eigenvalue weighted by Gasteiger charge is 2.34. The molecule has 0 radical (unpaired) electrons. The van der Waals surface area contributed by atoms with Crippen molar-refractivity contribution in [3.8, 4) is 11.8 Å². The Morgan fingerprint density at radius 2 is 1.81 bits per heavy atom. The number of nitrogens with zero attached hydrogens (tertiary/aromatic N) is 4. The van der Waals surface area contributed by atoms with E-state index in [4.69, 9.17) is 0 Å². The van der Waals surface area contributed by atoms with Gasteiger partial charge in [-0.1, -0.05) is 12.0 Å². The van der Waals surface area contributed by atoms with Gasteiger partial charge in [0.25, 0.3) is 5.91 Å². The second-order valence-corrected chi connectivity index (χ2v) is 7.69. The number of carbonyl (C=O) groups excluding carboxylic acids is 1. The standard InChI is InChI=1S/C22H17F3N4OS/c23-22(24,25)19-7-5-17(15-16(19)4-6-18-3-1-2-8-26-18)20(30)28-10-12-29(13-11-28)21-27-9-14-31-21/h1-3,5,7-9,14-15H,10-13H2. The first-order chi connectivity index (χ1) is 14.9. The van der Waals surface area contributed by atoms with Crippen molar-refractivity contribution in [3.05, 3.63) is 76.6 Å². The van der Waals surface area contributed by atoms with Crippen molar-refractivity contribution in [2.24, 2.45) is 0 Å². The molecule has 2 aromatic heterocycles. The van der Waals surface area contributed by atoms with Gasteiger partial charge in [0.15, 0.2) is 5.13 Å². The minimum Gasteiger partial charge on any atom is -0.345 e. The largest absolute Gasteiger partial charge is 0.417 e. The maximum Gasteiger partial charge on any atom is 0.417 e. The number of anilines is 1. The molecule has 9 heteroatoms. The fraction of sp³-hybridized carbons (Fsp3) is 0.227. The Morgan fingerprint density at radius 1 is 1.00 bits per heavy atom. The van der Waals surface area contributed by atoms with E-state index in [1.807, 2.05) is 5.38 Å². The fourth-order valence-electron chi connectivity index (χ4n) is 3.25. The Bertz CT molecular complexity index is 1110. The molecule has 3 aromatic rings. The number of pyridine rings is 1. The molecule has 4 rings (SSSR count). The Morgan fingerprint density at radius 3 is 2.45 bits per heavy atom. The summed E-state index contributed by atoms with van der Waals surface area (Å²) in [5.74, 6) is 4.87. The predicted octanol–water partition coefficient (Wildman–Crippen LogP) is 3.92. The molecule has 1 aliphatic rings. The molecule has 1 aliphatic heterocycles. The van der Waals surface area contributed by atoms with Crippen LogP contribution in [-0.2, 0) is 6.18 Å². The molecular formula is C22H17F3N4OS. The second kappa shape index (κ2) is 8.78. The summed E-state index contributed by atoms with van der Waals surface area (Å²) in [5, 5.41) is 2.79. The Balaban J connectivity index is 1.56. The van der Waals surface area contributed by atoms with Crippen molar-refractivity contribution >= 4 is 22.4 Å². The van der Waals surface area contributed by atoms with E-state index < -0.39 is 11.7 Å². The lowest BCUT2D eigenvalue weighted by molar-refractivity contribution is -0.137. The van der Waals surface area contributed by atoms with Gasteiger partial charge < -0.3 is 9.80 Å². The van der Waals surface area contributed by atoms with Crippen molar-refractivity contribution in [2.75, 3.05) is 31.1 Å². The molecule has 3 heterocycles. The molecule has 1 saturated heterocycles. The van der Waals surface area contributed by atoms with E-state index in [0.717, 1.165) is 11.2 Å². The average molecular weight is 442 g/mol. The number of hydrogen-bond donors (Lipinski definition) is 0. The summed E-state index contributed by atoms with van der Waals surface area (Å²) in [6, 6.07) is 8.35. The van der Waals surface area contributed by atoms with Crippen LogP contribution in [0.1, 0.15) is 27.2 Å². The first-order valence-electron chi connectivity index (χ1n) is 9.50. The third-order valence-corrected chi connectivity index (χ3v) is 5.65. The van der Waals surface area contributed by atoms with Gasteiger partial charge in [0, 0.05) is 55.1 Å². The molecular weight excluding hydrogens is 425 g/mol. The number of alkyl halides is 3. The van der Waals surface area contributed by atoms with E-state index in [0.29, 0.717) is 31.9 Å². The zero-order chi connectivity index (χ0) is 21.8. The number of aromatic nitrogens is 2. The van der Waals surface area contributed by atoms with Crippen molar-refractivity contribution in [1.82, 2.24) is 14.9 Å². The van der Waals surface area contributed by atoms with Gasteiger partial charge in [-0.15, -0.1) is 11.3 Å². The highest BCUT2D eigenvalue weighted by molar-refractivity contribution is 7.13. The predicted molar refractivity (Wildman–Crippen MR) is 112 cm³/mol. The van der Waals surface area contributed by atoms with E-state index in [2.05, 4.69) is 26.7 Å². The highest BCUT2D eigenvalue weighted by atomic mass is 32.1. The van der Waals surface area contributed by atoms with Gasteiger partial charge in [0.1, 0.15) is 5.69 Å². The van der Waals surface area contributed by atoms with Crippen LogP contribution in [0.3, 0.4) is 0 Å². The number of benzene rings is 1. The maximum absolute atomic E-state index is 13.5. The number of carbonyl (C=O) groups is 1. The Hall–Kier alpha value is -3.38. The van der Waals surface area contributed by atoms with Gasteiger partial charge in [-0.2, -0.15) is 13.2 Å². The van der Waals surface area contributed by atoms with Gasteiger partial charge in [0.2, 0.25) is 0 Å². The SMILES string of the molecule is O=C(c1ccc(C(F)(F)F)c(C#Cc2ccccn2)c1)N1CCN(c2nccs2)CC1. The molecule has 0 bridgehead atoms. The number of hydrogen-bond acceptors (Lipinski definition) is 5. The summed E-state index contributed by atoms with van der Waals surface area (Å²) in [4.78, 5) is 24.9. The summed E-state index contributed by atoms with van der Waals surface area (Å²) in [6.07, 6.45) is -1.33. The summed E-state index contributed by atoms with van der Waals surface area (Å²) >= 11 is 1.53. The molecule has 5 nitrogen and oxygen atoms in total. The number of amides is 1. The molecule has 1 amide bonds. The van der Waals surface area contributed by atoms with Crippen LogP contribution >= 0.6 is 11.3 Å². The molecule has 1 aromatic carbocycles. The molecule has 0 unspecified atom stereocenters. The third-order valence-electron chi connectivity index (χ3n) is 4.82. The summed E-state index contributed by atoms with van der Waals surface area (Å²) < 4.78 is 40.4. The monoisotopic (exact) mass is 442 g/mol. The first kappa shape index (κ1) is 20.9.